The van der Waals surface area contributed by atoms with Crippen LogP contribution in [0.3, 0.4) is 0 Å². The molecule has 0 unspecified atom stereocenters. The molecule has 0 spiro atoms. The number of aryl methyl sites for hydroxylation is 4. The molecule has 2 aromatic rings. The lowest BCUT2D eigenvalue weighted by Crippen LogP contribution is -1.99. The number of nitrogens with two attached hydrogens (primary N) is 1. The third-order valence-corrected chi connectivity index (χ3v) is 2.75. The van der Waals surface area contributed by atoms with Crippen LogP contribution in [0.1, 0.15) is 18.5 Å². The number of fused-ring (bicyclic) bond motifs is 1. The minimum absolute atomic E-state index is 0. The van der Waals surface area contributed by atoms with Gasteiger partial charge in [-0.3, -0.25) is 0 Å². The topological polar surface area (TPSA) is 56.7 Å². The van der Waals surface area contributed by atoms with Crippen molar-refractivity contribution in [3.8, 4) is 0 Å². The Morgan fingerprint density at radius 3 is 2.50 bits per heavy atom. The zero-order valence-electron chi connectivity index (χ0n) is 8.92. The summed E-state index contributed by atoms with van der Waals surface area (Å²) >= 11 is 0. The summed E-state index contributed by atoms with van der Waals surface area (Å²) in [5.74, 6) is 1.48. The van der Waals surface area contributed by atoms with Crippen molar-refractivity contribution in [3.63, 3.8) is 0 Å². The van der Waals surface area contributed by atoms with Crippen molar-refractivity contribution in [2.24, 2.45) is 7.05 Å². The zero-order chi connectivity index (χ0) is 10.5. The fraction of sp³-hybridized carbons (Fsp3) is 0.400. The van der Waals surface area contributed by atoms with Crippen LogP contribution in [0.4, 0.5) is 5.82 Å². The van der Waals surface area contributed by atoms with Crippen molar-refractivity contribution in [1.82, 2.24) is 14.5 Å². The van der Waals surface area contributed by atoms with Gasteiger partial charge in [-0.25, -0.2) is 9.97 Å². The van der Waals surface area contributed by atoms with Crippen molar-refractivity contribution in [3.05, 3.63) is 17.1 Å². The van der Waals surface area contributed by atoms with Crippen molar-refractivity contribution in [1.29, 1.82) is 0 Å². The Hall–Kier alpha value is -1.58. The van der Waals surface area contributed by atoms with E-state index < -0.39 is 0 Å². The van der Waals surface area contributed by atoms with Crippen LogP contribution >= 0.6 is 0 Å². The van der Waals surface area contributed by atoms with E-state index in [4.69, 9.17) is 5.73 Å². The molecule has 0 aromatic carbocycles. The monoisotopic (exact) mass is 193 g/mol. The molecule has 14 heavy (non-hydrogen) atoms. The van der Waals surface area contributed by atoms with E-state index in [0.717, 1.165) is 28.1 Å². The van der Waals surface area contributed by atoms with Crippen LogP contribution in [0.5, 0.6) is 0 Å². The zero-order valence-corrected chi connectivity index (χ0v) is 8.92. The summed E-state index contributed by atoms with van der Waals surface area (Å²) in [6.45, 7) is 5.98. The van der Waals surface area contributed by atoms with Gasteiger partial charge in [0.2, 0.25) is 0 Å². The van der Waals surface area contributed by atoms with Gasteiger partial charge >= 0.3 is 0 Å². The highest BCUT2D eigenvalue weighted by Gasteiger charge is 2.12. The van der Waals surface area contributed by atoms with Gasteiger partial charge in [0, 0.05) is 14.2 Å². The van der Waals surface area contributed by atoms with Gasteiger partial charge in [-0.1, -0.05) is 0 Å². The molecule has 0 saturated heterocycles. The fourth-order valence-corrected chi connectivity index (χ4v) is 1.71. The number of imidazole rings is 1. The average molecular weight is 193 g/mol. The van der Waals surface area contributed by atoms with Crippen molar-refractivity contribution in [2.75, 3.05) is 5.73 Å². The third-order valence-electron chi connectivity index (χ3n) is 2.75. The van der Waals surface area contributed by atoms with Gasteiger partial charge in [-0.05, 0) is 26.3 Å². The van der Waals surface area contributed by atoms with E-state index in [1.165, 1.54) is 0 Å². The number of hydrogen-bond donors (Lipinski definition) is 1. The second-order valence-electron chi connectivity index (χ2n) is 3.62. The van der Waals surface area contributed by atoms with E-state index in [-0.39, 0.29) is 1.43 Å². The first-order valence-corrected chi connectivity index (χ1v) is 4.58. The predicted molar refractivity (Wildman–Crippen MR) is 59.2 cm³/mol. The molecule has 2 heterocycles. The molecule has 76 valence electrons. The Balaban J connectivity index is 0.00000112. The molecule has 2 N–H and O–H groups in total. The largest absolute Gasteiger partial charge is 0.382 e. The summed E-state index contributed by atoms with van der Waals surface area (Å²) in [5.41, 5.74) is 9.85. The molecule has 2 aromatic heterocycles. The smallest absolute Gasteiger partial charge is 0.151 e. The molecule has 0 radical (unpaired) electrons. The van der Waals surface area contributed by atoms with Gasteiger partial charge < -0.3 is 10.3 Å². The SMILES string of the molecule is Cc1nc(N)c2nc(C)n(C)c2c1C.[2HH]. The molecule has 0 fully saturated rings. The first kappa shape index (κ1) is 8.99. The third kappa shape index (κ3) is 0.999. The van der Waals surface area contributed by atoms with Crippen LogP contribution in [0.15, 0.2) is 0 Å². The number of nitrogen functional groups attached to an aromatic ring is 1. The standard InChI is InChI=1S/C10H14N4.H2/c1-5-6(2)12-10(11)8-9(5)14(4)7(3)13-8;/h1-4H3,(H2,11,12);1H/i;1+1. The average Bonchev–Trinajstić information content (AvgIpc) is 2.41. The molecule has 0 bridgehead atoms. The van der Waals surface area contributed by atoms with Crippen LogP contribution in [0, 0.1) is 20.8 Å². The summed E-state index contributed by atoms with van der Waals surface area (Å²) in [6.07, 6.45) is 0. The van der Waals surface area contributed by atoms with Gasteiger partial charge in [0.15, 0.2) is 5.82 Å². The van der Waals surface area contributed by atoms with Gasteiger partial charge in [0.25, 0.3) is 0 Å². The summed E-state index contributed by atoms with van der Waals surface area (Å²) in [5, 5.41) is 0. The molecule has 0 amide bonds. The molecule has 0 aliphatic carbocycles. The van der Waals surface area contributed by atoms with Crippen molar-refractivity contribution < 1.29 is 1.43 Å². The molecule has 4 heteroatoms. The Kier molecular flexibility index (Phi) is 1.74. The second-order valence-corrected chi connectivity index (χ2v) is 3.62. The van der Waals surface area contributed by atoms with Crippen LogP contribution in [-0.2, 0) is 7.05 Å². The number of aromatic nitrogens is 3. The van der Waals surface area contributed by atoms with Gasteiger partial charge in [-0.15, -0.1) is 0 Å². The van der Waals surface area contributed by atoms with Crippen LogP contribution in [-0.4, -0.2) is 14.5 Å². The molecular weight excluding hydrogens is 176 g/mol. The summed E-state index contributed by atoms with van der Waals surface area (Å²) in [4.78, 5) is 8.65. The molecule has 0 aliphatic rings. The molecule has 0 saturated carbocycles. The minimum Gasteiger partial charge on any atom is -0.382 e. The Labute approximate surface area is 84.3 Å². The number of anilines is 1. The number of hydrogen-bond acceptors (Lipinski definition) is 3. The van der Waals surface area contributed by atoms with E-state index in [1.54, 1.807) is 0 Å². The molecule has 0 atom stereocenters. The maximum absolute atomic E-state index is 5.82. The maximum Gasteiger partial charge on any atom is 0.151 e. The molecule has 4 nitrogen and oxygen atoms in total. The summed E-state index contributed by atoms with van der Waals surface area (Å²) < 4.78 is 2.05. The normalized spacial score (nSPS) is 11.1. The minimum atomic E-state index is 0. The van der Waals surface area contributed by atoms with E-state index in [9.17, 15) is 0 Å². The Morgan fingerprint density at radius 2 is 1.86 bits per heavy atom. The quantitative estimate of drug-likeness (QED) is 0.693. The molecule has 2 rings (SSSR count). The number of nitrogens with zero attached hydrogens (tertiary/aromatic N) is 3. The van der Waals surface area contributed by atoms with Crippen molar-refractivity contribution >= 4 is 16.9 Å². The number of pyridine rings is 1. The maximum atomic E-state index is 5.82. The first-order chi connectivity index (χ1) is 6.52. The lowest BCUT2D eigenvalue weighted by atomic mass is 10.2. The summed E-state index contributed by atoms with van der Waals surface area (Å²) in [6, 6.07) is 0. The second kappa shape index (κ2) is 2.70. The lowest BCUT2D eigenvalue weighted by molar-refractivity contribution is 0.882. The van der Waals surface area contributed by atoms with Crippen LogP contribution < -0.4 is 5.73 Å². The van der Waals surface area contributed by atoms with E-state index in [2.05, 4.69) is 14.5 Å². The highest BCUT2D eigenvalue weighted by Crippen LogP contribution is 2.24. The lowest BCUT2D eigenvalue weighted by Gasteiger charge is -2.05. The highest BCUT2D eigenvalue weighted by molar-refractivity contribution is 5.88. The fourth-order valence-electron chi connectivity index (χ4n) is 1.71. The van der Waals surface area contributed by atoms with Crippen LogP contribution in [0.2, 0.25) is 0 Å². The van der Waals surface area contributed by atoms with Gasteiger partial charge in [0.05, 0.1) is 5.52 Å². The first-order valence-electron chi connectivity index (χ1n) is 4.58. The molecule has 0 aliphatic heterocycles. The highest BCUT2D eigenvalue weighted by atomic mass is 15.1. The van der Waals surface area contributed by atoms with E-state index >= 15 is 0 Å². The summed E-state index contributed by atoms with van der Waals surface area (Å²) in [7, 11) is 2.00. The Bertz CT molecular complexity index is 516. The van der Waals surface area contributed by atoms with Crippen LogP contribution in [0.25, 0.3) is 11.0 Å². The molecular formula is C10H16N4. The van der Waals surface area contributed by atoms with Gasteiger partial charge in [-0.2, -0.15) is 0 Å². The van der Waals surface area contributed by atoms with Crippen molar-refractivity contribution in [2.45, 2.75) is 20.8 Å². The van der Waals surface area contributed by atoms with E-state index in [1.807, 2.05) is 27.8 Å². The number of rotatable bonds is 0. The Morgan fingerprint density at radius 1 is 1.21 bits per heavy atom. The predicted octanol–water partition coefficient (Wildman–Crippen LogP) is 1.72. The van der Waals surface area contributed by atoms with E-state index in [0.29, 0.717) is 5.82 Å². The van der Waals surface area contributed by atoms with Gasteiger partial charge in [0.1, 0.15) is 11.3 Å².